The van der Waals surface area contributed by atoms with Crippen LogP contribution in [0.3, 0.4) is 0 Å². The molecular weight excluding hydrogens is 428 g/mol. The van der Waals surface area contributed by atoms with Crippen molar-refractivity contribution in [2.45, 2.75) is 46.1 Å². The number of unbranched alkanes of at least 4 members (excludes halogenated alkanes) is 2. The minimum atomic E-state index is -0.0709. The van der Waals surface area contributed by atoms with Gasteiger partial charge < -0.3 is 10.3 Å². The standard InChI is InChI=1S/C23H24N4O2S2/c1-14-12-15(2)20-18(13-14)31-22(26-20)25-19(28)10-4-3-7-11-27-21(29)16-8-5-6-9-17(16)24-23(27)30/h5-6,8-9,12-13H,3-4,7,10-11H2,1-2H3,(H,24,30)(H,25,26,28). The predicted octanol–water partition coefficient (Wildman–Crippen LogP) is 5.48. The molecule has 0 aliphatic heterocycles. The van der Waals surface area contributed by atoms with Crippen LogP contribution in [0.2, 0.25) is 0 Å². The zero-order chi connectivity index (χ0) is 22.0. The van der Waals surface area contributed by atoms with Gasteiger partial charge in [0.05, 0.1) is 21.1 Å². The number of carbonyl (C=O) groups is 1. The Balaban J connectivity index is 1.29. The molecule has 0 unspecified atom stereocenters. The Morgan fingerprint density at radius 1 is 1.19 bits per heavy atom. The van der Waals surface area contributed by atoms with Crippen molar-refractivity contribution in [3.8, 4) is 0 Å². The Hall–Kier alpha value is -2.84. The maximum Gasteiger partial charge on any atom is 0.262 e. The van der Waals surface area contributed by atoms with Gasteiger partial charge in [0.1, 0.15) is 0 Å². The van der Waals surface area contributed by atoms with Gasteiger partial charge in [0.15, 0.2) is 9.90 Å². The first-order valence-electron chi connectivity index (χ1n) is 10.3. The van der Waals surface area contributed by atoms with Crippen molar-refractivity contribution in [1.82, 2.24) is 14.5 Å². The number of hydrogen-bond acceptors (Lipinski definition) is 5. The van der Waals surface area contributed by atoms with Crippen molar-refractivity contribution in [3.05, 3.63) is 62.6 Å². The lowest BCUT2D eigenvalue weighted by Crippen LogP contribution is -2.22. The summed E-state index contributed by atoms with van der Waals surface area (Å²) in [6.07, 6.45) is 2.78. The highest BCUT2D eigenvalue weighted by atomic mass is 32.1. The maximum atomic E-state index is 12.6. The molecule has 0 atom stereocenters. The van der Waals surface area contributed by atoms with Crippen LogP contribution in [0.5, 0.6) is 0 Å². The SMILES string of the molecule is Cc1cc(C)c2nc(NC(=O)CCCCCn3c(=S)[nH]c4ccccc4c3=O)sc2c1. The number of anilines is 1. The molecule has 0 radical (unpaired) electrons. The number of amides is 1. The lowest BCUT2D eigenvalue weighted by molar-refractivity contribution is -0.116. The highest BCUT2D eigenvalue weighted by Gasteiger charge is 2.10. The highest BCUT2D eigenvalue weighted by Crippen LogP contribution is 2.29. The summed E-state index contributed by atoms with van der Waals surface area (Å²) in [6, 6.07) is 11.6. The molecule has 4 rings (SSSR count). The first-order chi connectivity index (χ1) is 14.9. The minimum Gasteiger partial charge on any atom is -0.332 e. The third-order valence-corrected chi connectivity index (χ3v) is 6.49. The second-order valence-electron chi connectivity index (χ2n) is 7.74. The van der Waals surface area contributed by atoms with Crippen molar-refractivity contribution in [3.63, 3.8) is 0 Å². The number of aryl methyl sites for hydroxylation is 2. The van der Waals surface area contributed by atoms with Gasteiger partial charge in [0.2, 0.25) is 5.91 Å². The summed E-state index contributed by atoms with van der Waals surface area (Å²) in [7, 11) is 0. The van der Waals surface area contributed by atoms with Crippen molar-refractivity contribution < 1.29 is 4.79 Å². The van der Waals surface area contributed by atoms with Gasteiger partial charge in [-0.15, -0.1) is 0 Å². The van der Waals surface area contributed by atoms with Crippen LogP contribution in [0.15, 0.2) is 41.2 Å². The normalized spacial score (nSPS) is 11.3. The largest absolute Gasteiger partial charge is 0.332 e. The first kappa shape index (κ1) is 21.4. The number of benzene rings is 2. The third kappa shape index (κ3) is 4.75. The van der Waals surface area contributed by atoms with E-state index in [1.807, 2.05) is 25.1 Å². The van der Waals surface area contributed by atoms with Crippen LogP contribution in [0.4, 0.5) is 5.13 Å². The summed E-state index contributed by atoms with van der Waals surface area (Å²) in [6.45, 7) is 4.63. The fourth-order valence-electron chi connectivity index (χ4n) is 3.74. The second kappa shape index (κ2) is 9.11. The molecule has 6 nitrogen and oxygen atoms in total. The van der Waals surface area contributed by atoms with Gasteiger partial charge in [-0.3, -0.25) is 14.2 Å². The Labute approximate surface area is 189 Å². The number of H-pyrrole nitrogens is 1. The van der Waals surface area contributed by atoms with Crippen LogP contribution >= 0.6 is 23.6 Å². The lowest BCUT2D eigenvalue weighted by atomic mass is 10.1. The zero-order valence-electron chi connectivity index (χ0n) is 17.5. The fraction of sp³-hybridized carbons (Fsp3) is 0.304. The third-order valence-electron chi connectivity index (χ3n) is 5.25. The summed E-state index contributed by atoms with van der Waals surface area (Å²) in [4.78, 5) is 32.6. The van der Waals surface area contributed by atoms with Gasteiger partial charge in [0.25, 0.3) is 5.56 Å². The van der Waals surface area contributed by atoms with E-state index in [2.05, 4.69) is 34.3 Å². The van der Waals surface area contributed by atoms with E-state index < -0.39 is 0 Å². The molecule has 0 saturated carbocycles. The summed E-state index contributed by atoms with van der Waals surface area (Å²) in [5.41, 5.74) is 3.94. The van der Waals surface area contributed by atoms with E-state index in [9.17, 15) is 9.59 Å². The van der Waals surface area contributed by atoms with E-state index in [1.54, 1.807) is 10.6 Å². The van der Waals surface area contributed by atoms with E-state index >= 15 is 0 Å². The quantitative estimate of drug-likeness (QED) is 0.287. The predicted molar refractivity (Wildman–Crippen MR) is 130 cm³/mol. The number of aromatic amines is 1. The second-order valence-corrected chi connectivity index (χ2v) is 9.16. The number of hydrogen-bond donors (Lipinski definition) is 2. The summed E-state index contributed by atoms with van der Waals surface area (Å²) in [5.74, 6) is -0.0337. The molecule has 0 aliphatic carbocycles. The van der Waals surface area contributed by atoms with Crippen LogP contribution in [-0.4, -0.2) is 20.4 Å². The van der Waals surface area contributed by atoms with E-state index in [0.717, 1.165) is 40.6 Å². The summed E-state index contributed by atoms with van der Waals surface area (Å²) >= 11 is 6.84. The van der Waals surface area contributed by atoms with Gasteiger partial charge in [0, 0.05) is 13.0 Å². The van der Waals surface area contributed by atoms with Gasteiger partial charge in [-0.25, -0.2) is 4.98 Å². The fourth-order valence-corrected chi connectivity index (χ4v) is 5.08. The number of aromatic nitrogens is 3. The molecule has 31 heavy (non-hydrogen) atoms. The van der Waals surface area contributed by atoms with Crippen molar-refractivity contribution in [1.29, 1.82) is 0 Å². The Kier molecular flexibility index (Phi) is 6.29. The van der Waals surface area contributed by atoms with E-state index in [-0.39, 0.29) is 11.5 Å². The Bertz CT molecular complexity index is 1380. The molecule has 1 amide bonds. The van der Waals surface area contributed by atoms with Crippen molar-refractivity contribution in [2.24, 2.45) is 0 Å². The molecular formula is C23H24N4O2S2. The number of nitrogens with one attached hydrogen (secondary N) is 2. The number of carbonyl (C=O) groups excluding carboxylic acids is 1. The number of fused-ring (bicyclic) bond motifs is 2. The summed E-state index contributed by atoms with van der Waals surface area (Å²) in [5, 5.41) is 4.19. The lowest BCUT2D eigenvalue weighted by Gasteiger charge is -2.08. The minimum absolute atomic E-state index is 0.0337. The molecule has 2 aromatic heterocycles. The maximum absolute atomic E-state index is 12.6. The molecule has 2 aromatic carbocycles. The zero-order valence-corrected chi connectivity index (χ0v) is 19.2. The van der Waals surface area contributed by atoms with Gasteiger partial charge >= 0.3 is 0 Å². The van der Waals surface area contributed by atoms with Gasteiger partial charge in [-0.2, -0.15) is 0 Å². The van der Waals surface area contributed by atoms with Gasteiger partial charge in [-0.1, -0.05) is 36.0 Å². The highest BCUT2D eigenvalue weighted by molar-refractivity contribution is 7.71. The molecule has 0 fully saturated rings. The molecule has 4 aromatic rings. The van der Waals surface area contributed by atoms with E-state index in [1.165, 1.54) is 16.9 Å². The smallest absolute Gasteiger partial charge is 0.262 e. The molecule has 0 aliphatic rings. The average Bonchev–Trinajstić information content (AvgIpc) is 3.12. The van der Waals surface area contributed by atoms with Crippen LogP contribution in [0.25, 0.3) is 21.1 Å². The van der Waals surface area contributed by atoms with Crippen LogP contribution in [0.1, 0.15) is 36.8 Å². The molecule has 0 saturated heterocycles. The van der Waals surface area contributed by atoms with Crippen molar-refractivity contribution >= 4 is 55.7 Å². The molecule has 2 N–H and O–H groups in total. The average molecular weight is 453 g/mol. The Morgan fingerprint density at radius 3 is 2.84 bits per heavy atom. The van der Waals surface area contributed by atoms with Crippen LogP contribution in [0, 0.1) is 18.6 Å². The van der Waals surface area contributed by atoms with Crippen LogP contribution < -0.4 is 10.9 Å². The first-order valence-corrected chi connectivity index (χ1v) is 11.5. The monoisotopic (exact) mass is 452 g/mol. The van der Waals surface area contributed by atoms with E-state index in [4.69, 9.17) is 12.2 Å². The summed E-state index contributed by atoms with van der Waals surface area (Å²) < 4.78 is 3.12. The van der Waals surface area contributed by atoms with Crippen LogP contribution in [-0.2, 0) is 11.3 Å². The van der Waals surface area contributed by atoms with Gasteiger partial charge in [-0.05, 0) is 68.2 Å². The molecule has 2 heterocycles. The molecule has 0 bridgehead atoms. The van der Waals surface area contributed by atoms with E-state index in [0.29, 0.717) is 28.3 Å². The number of thiazole rings is 1. The number of nitrogens with zero attached hydrogens (tertiary/aromatic N) is 2. The molecule has 160 valence electrons. The molecule has 8 heteroatoms. The Morgan fingerprint density at radius 2 is 2.00 bits per heavy atom. The number of rotatable bonds is 7. The number of para-hydroxylation sites is 1. The molecule has 0 spiro atoms. The topological polar surface area (TPSA) is 79.8 Å². The van der Waals surface area contributed by atoms with Crippen molar-refractivity contribution in [2.75, 3.05) is 5.32 Å².